The number of carbonyl (C=O) groups excluding carboxylic acids is 2. The smallest absolute Gasteiger partial charge is 0.242 e. The highest BCUT2D eigenvalue weighted by Gasteiger charge is 2.31. The number of nitrogens with zero attached hydrogens (tertiary/aromatic N) is 5. The molecule has 2 amide bonds. The molecule has 1 aromatic heterocycles. The van der Waals surface area contributed by atoms with Gasteiger partial charge in [0.25, 0.3) is 0 Å². The molecule has 25 heavy (non-hydrogen) atoms. The van der Waals surface area contributed by atoms with Gasteiger partial charge in [-0.3, -0.25) is 9.59 Å². The van der Waals surface area contributed by atoms with Gasteiger partial charge in [0.05, 0.1) is 12.1 Å². The van der Waals surface area contributed by atoms with Crippen LogP contribution in [0.2, 0.25) is 0 Å². The van der Waals surface area contributed by atoms with Crippen molar-refractivity contribution < 1.29 is 9.59 Å². The van der Waals surface area contributed by atoms with E-state index in [0.29, 0.717) is 12.4 Å². The zero-order chi connectivity index (χ0) is 17.8. The number of likely N-dealkylation sites (tertiary alicyclic amines) is 1. The average Bonchev–Trinajstić information content (AvgIpc) is 3.07. The summed E-state index contributed by atoms with van der Waals surface area (Å²) in [6, 6.07) is 7.21. The van der Waals surface area contributed by atoms with Crippen LogP contribution in [-0.4, -0.2) is 56.6 Å². The molecule has 1 N–H and O–H groups in total. The molecular weight excluding hydrogens is 320 g/mol. The number of aromatic nitrogens is 4. The number of carbonyl (C=O) groups is 2. The van der Waals surface area contributed by atoms with Crippen molar-refractivity contribution in [3.05, 3.63) is 35.7 Å². The molecule has 1 aliphatic rings. The number of likely N-dealkylation sites (N-methyl/N-ethyl adjacent to an activating group) is 1. The molecule has 0 radical (unpaired) electrons. The molecule has 3 rings (SSSR count). The maximum Gasteiger partial charge on any atom is 0.242 e. The van der Waals surface area contributed by atoms with Gasteiger partial charge in [-0.25, -0.2) is 0 Å². The van der Waals surface area contributed by atoms with Crippen LogP contribution in [0.15, 0.2) is 24.3 Å². The highest BCUT2D eigenvalue weighted by molar-refractivity contribution is 5.88. The van der Waals surface area contributed by atoms with Crippen LogP contribution in [0.25, 0.3) is 5.69 Å². The van der Waals surface area contributed by atoms with Crippen molar-refractivity contribution in [2.24, 2.45) is 0 Å². The summed E-state index contributed by atoms with van der Waals surface area (Å²) in [6.45, 7) is 2.46. The first-order valence-corrected chi connectivity index (χ1v) is 8.45. The third-order valence-electron chi connectivity index (χ3n) is 4.53. The quantitative estimate of drug-likeness (QED) is 0.880. The molecule has 1 unspecified atom stereocenters. The maximum absolute atomic E-state index is 12.7. The van der Waals surface area contributed by atoms with Crippen molar-refractivity contribution in [1.82, 2.24) is 30.4 Å². The van der Waals surface area contributed by atoms with Gasteiger partial charge in [-0.15, -0.1) is 5.10 Å². The van der Waals surface area contributed by atoms with Crippen LogP contribution in [0.1, 0.15) is 30.7 Å². The fraction of sp³-hybridized carbons (Fsp3) is 0.471. The van der Waals surface area contributed by atoms with Crippen molar-refractivity contribution in [1.29, 1.82) is 0 Å². The van der Waals surface area contributed by atoms with Gasteiger partial charge in [-0.2, -0.15) is 4.68 Å². The van der Waals surface area contributed by atoms with Crippen LogP contribution in [0.3, 0.4) is 0 Å². The van der Waals surface area contributed by atoms with Gasteiger partial charge in [0.2, 0.25) is 11.8 Å². The molecule has 0 aliphatic carbocycles. The summed E-state index contributed by atoms with van der Waals surface area (Å²) in [5.41, 5.74) is 1.75. The fourth-order valence-electron chi connectivity index (χ4n) is 3.17. The number of nitrogens with one attached hydrogen (secondary N) is 1. The molecule has 132 valence electrons. The van der Waals surface area contributed by atoms with E-state index in [1.165, 1.54) is 0 Å². The first-order valence-electron chi connectivity index (χ1n) is 8.45. The molecule has 1 saturated heterocycles. The maximum atomic E-state index is 12.7. The van der Waals surface area contributed by atoms with E-state index in [1.807, 2.05) is 31.2 Å². The van der Waals surface area contributed by atoms with Crippen molar-refractivity contribution in [3.63, 3.8) is 0 Å². The Morgan fingerprint density at radius 3 is 2.64 bits per heavy atom. The van der Waals surface area contributed by atoms with Gasteiger partial charge in [-0.05, 0) is 54.3 Å². The molecule has 1 atom stereocenters. The number of hydrogen-bond acceptors (Lipinski definition) is 5. The Balaban J connectivity index is 1.70. The lowest BCUT2D eigenvalue weighted by Gasteiger charge is -2.34. The largest absolute Gasteiger partial charge is 0.357 e. The minimum Gasteiger partial charge on any atom is -0.357 e. The molecule has 0 bridgehead atoms. The predicted molar refractivity (Wildman–Crippen MR) is 91.0 cm³/mol. The van der Waals surface area contributed by atoms with Gasteiger partial charge in [-0.1, -0.05) is 12.1 Å². The molecule has 2 aromatic rings. The Bertz CT molecular complexity index is 755. The zero-order valence-corrected chi connectivity index (χ0v) is 14.5. The van der Waals surface area contributed by atoms with Crippen LogP contribution in [-0.2, 0) is 16.0 Å². The van der Waals surface area contributed by atoms with E-state index in [-0.39, 0.29) is 24.3 Å². The van der Waals surface area contributed by atoms with Crippen molar-refractivity contribution in [3.8, 4) is 5.69 Å². The lowest BCUT2D eigenvalue weighted by atomic mass is 10.00. The van der Waals surface area contributed by atoms with Gasteiger partial charge in [0.1, 0.15) is 6.04 Å². The minimum atomic E-state index is -0.352. The molecule has 8 heteroatoms. The van der Waals surface area contributed by atoms with E-state index in [1.54, 1.807) is 16.6 Å². The highest BCUT2D eigenvalue weighted by Crippen LogP contribution is 2.19. The average molecular weight is 342 g/mol. The van der Waals surface area contributed by atoms with Crippen molar-refractivity contribution in [2.45, 2.75) is 38.6 Å². The summed E-state index contributed by atoms with van der Waals surface area (Å²) >= 11 is 0. The van der Waals surface area contributed by atoms with Gasteiger partial charge < -0.3 is 10.2 Å². The first-order chi connectivity index (χ1) is 12.1. The Morgan fingerprint density at radius 2 is 2.00 bits per heavy atom. The highest BCUT2D eigenvalue weighted by atomic mass is 16.2. The van der Waals surface area contributed by atoms with Crippen LogP contribution in [0, 0.1) is 6.92 Å². The summed E-state index contributed by atoms with van der Waals surface area (Å²) in [5, 5.41) is 14.1. The zero-order valence-electron chi connectivity index (χ0n) is 14.5. The molecule has 8 nitrogen and oxygen atoms in total. The number of piperidine rings is 1. The summed E-state index contributed by atoms with van der Waals surface area (Å²) in [4.78, 5) is 26.4. The van der Waals surface area contributed by atoms with Crippen LogP contribution in [0.4, 0.5) is 0 Å². The third-order valence-corrected chi connectivity index (χ3v) is 4.53. The van der Waals surface area contributed by atoms with E-state index < -0.39 is 0 Å². The van der Waals surface area contributed by atoms with Gasteiger partial charge >= 0.3 is 0 Å². The van der Waals surface area contributed by atoms with E-state index >= 15 is 0 Å². The third kappa shape index (κ3) is 3.67. The van der Waals surface area contributed by atoms with Crippen molar-refractivity contribution >= 4 is 11.8 Å². The molecule has 1 aliphatic heterocycles. The normalized spacial score (nSPS) is 17.4. The van der Waals surface area contributed by atoms with E-state index in [0.717, 1.165) is 30.5 Å². The second-order valence-electron chi connectivity index (χ2n) is 6.19. The van der Waals surface area contributed by atoms with Crippen LogP contribution >= 0.6 is 0 Å². The molecule has 1 fully saturated rings. The van der Waals surface area contributed by atoms with E-state index in [2.05, 4.69) is 20.8 Å². The number of benzene rings is 1. The monoisotopic (exact) mass is 342 g/mol. The lowest BCUT2D eigenvalue weighted by molar-refractivity contribution is -0.141. The predicted octanol–water partition coefficient (Wildman–Crippen LogP) is 0.640. The molecule has 2 heterocycles. The standard InChI is InChI=1S/C17H22N6O2/c1-12-19-20-21-23(12)14-8-6-13(7-9-14)11-16(24)22-10-4-3-5-15(22)17(25)18-2/h6-9,15H,3-5,10-11H2,1-2H3,(H,18,25). The summed E-state index contributed by atoms with van der Waals surface area (Å²) in [6.07, 6.45) is 2.92. The molecular formula is C17H22N6O2. The summed E-state index contributed by atoms with van der Waals surface area (Å²) < 4.78 is 1.64. The van der Waals surface area contributed by atoms with Crippen LogP contribution in [0.5, 0.6) is 0 Å². The Morgan fingerprint density at radius 1 is 1.24 bits per heavy atom. The second kappa shape index (κ2) is 7.42. The number of tetrazole rings is 1. The molecule has 0 saturated carbocycles. The Hall–Kier alpha value is -2.77. The minimum absolute atomic E-state index is 0.0142. The van der Waals surface area contributed by atoms with Gasteiger partial charge in [0.15, 0.2) is 5.82 Å². The van der Waals surface area contributed by atoms with Crippen LogP contribution < -0.4 is 5.32 Å². The number of amides is 2. The Labute approximate surface area is 146 Å². The van der Waals surface area contributed by atoms with Gasteiger partial charge in [0, 0.05) is 13.6 Å². The number of hydrogen-bond donors (Lipinski definition) is 1. The summed E-state index contributed by atoms with van der Waals surface area (Å²) in [7, 11) is 1.61. The second-order valence-corrected chi connectivity index (χ2v) is 6.19. The van der Waals surface area contributed by atoms with Crippen molar-refractivity contribution in [2.75, 3.05) is 13.6 Å². The number of rotatable bonds is 4. The van der Waals surface area contributed by atoms with E-state index in [4.69, 9.17) is 0 Å². The SMILES string of the molecule is CNC(=O)C1CCCCN1C(=O)Cc1ccc(-n2nnnc2C)cc1. The number of aryl methyl sites for hydroxylation is 1. The van der Waals surface area contributed by atoms with E-state index in [9.17, 15) is 9.59 Å². The fourth-order valence-corrected chi connectivity index (χ4v) is 3.17. The Kier molecular flexibility index (Phi) is 5.06. The summed E-state index contributed by atoms with van der Waals surface area (Å²) in [5.74, 6) is 0.600. The molecule has 1 aromatic carbocycles. The lowest BCUT2D eigenvalue weighted by Crippen LogP contribution is -2.51. The first kappa shape index (κ1) is 17.1. The topological polar surface area (TPSA) is 93.0 Å². The molecule has 0 spiro atoms.